The van der Waals surface area contributed by atoms with Crippen LogP contribution in [-0.4, -0.2) is 0 Å². The van der Waals surface area contributed by atoms with Gasteiger partial charge in [0.2, 0.25) is 0 Å². The number of rotatable bonds is 2. The molecule has 0 unspecified atom stereocenters. The summed E-state index contributed by atoms with van der Waals surface area (Å²) in [6.45, 7) is 4.68. The first-order valence-corrected chi connectivity index (χ1v) is 4.50. The van der Waals surface area contributed by atoms with E-state index >= 15 is 0 Å². The molecule has 0 bridgehead atoms. The summed E-state index contributed by atoms with van der Waals surface area (Å²) in [7, 11) is 0. The molecular formula is C4H5PRh. The van der Waals surface area contributed by atoms with Crippen LogP contribution in [0.15, 0.2) is 24.5 Å². The first kappa shape index (κ1) is 6.40. The first-order chi connectivity index (χ1) is 2.91. The summed E-state index contributed by atoms with van der Waals surface area (Å²) in [6.07, 6.45) is 3.66. The van der Waals surface area contributed by atoms with Gasteiger partial charge in [0.25, 0.3) is 0 Å². The van der Waals surface area contributed by atoms with Crippen LogP contribution in [0.2, 0.25) is 0 Å². The van der Waals surface area contributed by atoms with Crippen molar-refractivity contribution in [3.05, 3.63) is 24.5 Å². The third-order valence-electron chi connectivity index (χ3n) is 0.272. The van der Waals surface area contributed by atoms with Crippen molar-refractivity contribution in [2.75, 3.05) is 0 Å². The van der Waals surface area contributed by atoms with E-state index in [0.717, 1.165) is 0 Å². The van der Waals surface area contributed by atoms with E-state index in [1.165, 1.54) is 6.46 Å². The van der Waals surface area contributed by atoms with E-state index in [1.54, 1.807) is 6.08 Å². The van der Waals surface area contributed by atoms with Gasteiger partial charge in [0, 0.05) is 0 Å². The van der Waals surface area contributed by atoms with Crippen molar-refractivity contribution in [1.82, 2.24) is 0 Å². The molecule has 0 radical (unpaired) electrons. The van der Waals surface area contributed by atoms with E-state index in [0.29, 0.717) is 0 Å². The average Bonchev–Trinajstić information content (AvgIpc) is 1.61. The van der Waals surface area contributed by atoms with Crippen LogP contribution in [0.25, 0.3) is 0 Å². The third-order valence-corrected chi connectivity index (χ3v) is 1.28. The molecule has 0 aliphatic carbocycles. The summed E-state index contributed by atoms with van der Waals surface area (Å²) >= 11 is 2.73. The van der Waals surface area contributed by atoms with Gasteiger partial charge in [-0.25, -0.2) is 0 Å². The molecule has 0 aromatic heterocycles. The summed E-state index contributed by atoms with van der Waals surface area (Å²) in [5.74, 6) is 1.99. The summed E-state index contributed by atoms with van der Waals surface area (Å²) in [5, 5.41) is 0. The van der Waals surface area contributed by atoms with Crippen LogP contribution < -0.4 is 0 Å². The molecule has 0 nitrogen and oxygen atoms in total. The molecule has 0 heterocycles. The molecule has 0 rings (SSSR count). The second-order valence-corrected chi connectivity index (χ2v) is 2.40. The van der Waals surface area contributed by atoms with Crippen LogP contribution in [0.1, 0.15) is 0 Å². The number of hydrogen-bond acceptors (Lipinski definition) is 0. The maximum absolute atomic E-state index is 3.49. The molecule has 35 valence electrons. The van der Waals surface area contributed by atoms with Crippen LogP contribution in [0.5, 0.6) is 0 Å². The van der Waals surface area contributed by atoms with Crippen LogP contribution in [-0.2, 0) is 17.3 Å². The van der Waals surface area contributed by atoms with E-state index in [4.69, 9.17) is 0 Å². The van der Waals surface area contributed by atoms with Crippen LogP contribution >= 0.6 is 6.46 Å². The Morgan fingerprint density at radius 2 is 2.33 bits per heavy atom. The number of hydrogen-bond donors (Lipinski definition) is 0. The fraction of sp³-hybridized carbons (Fsp3) is 0. The summed E-state index contributed by atoms with van der Waals surface area (Å²) in [5.41, 5.74) is 0. The zero-order valence-corrected chi connectivity index (χ0v) is 5.75. The van der Waals surface area contributed by atoms with Crippen LogP contribution in [0.4, 0.5) is 0 Å². The van der Waals surface area contributed by atoms with Gasteiger partial charge < -0.3 is 0 Å². The van der Waals surface area contributed by atoms with E-state index in [2.05, 4.69) is 23.9 Å². The molecule has 6 heavy (non-hydrogen) atoms. The summed E-state index contributed by atoms with van der Waals surface area (Å²) in [4.78, 5) is 0. The normalized spacial score (nSPS) is 10.2. The Morgan fingerprint density at radius 1 is 1.67 bits per heavy atom. The topological polar surface area (TPSA) is 0 Å². The predicted octanol–water partition coefficient (Wildman–Crippen LogP) is 2.09. The monoisotopic (exact) mass is 187 g/mol. The van der Waals surface area contributed by atoms with Gasteiger partial charge in [-0.05, 0) is 0 Å². The Morgan fingerprint density at radius 3 is 2.50 bits per heavy atom. The van der Waals surface area contributed by atoms with Crippen molar-refractivity contribution in [3.63, 3.8) is 0 Å². The van der Waals surface area contributed by atoms with Crippen LogP contribution in [0, 0.1) is 0 Å². The van der Waals surface area contributed by atoms with E-state index in [-0.39, 0.29) is 0 Å². The molecule has 0 aliphatic rings. The van der Waals surface area contributed by atoms with Gasteiger partial charge >= 0.3 is 48.3 Å². The van der Waals surface area contributed by atoms with E-state index in [9.17, 15) is 0 Å². The standard InChI is InChI=1S/C4H5P.Rh/c1-2-3-4-5;/h2-4H,1H2;/b4-3-;. The summed E-state index contributed by atoms with van der Waals surface area (Å²) in [6, 6.07) is 0. The van der Waals surface area contributed by atoms with Gasteiger partial charge in [-0.15, -0.1) is 0 Å². The SMILES string of the molecule is C=C/C=C\[P]=[Rh]. The van der Waals surface area contributed by atoms with Crippen molar-refractivity contribution in [2.24, 2.45) is 0 Å². The maximum atomic E-state index is 3.49. The van der Waals surface area contributed by atoms with Crippen molar-refractivity contribution in [3.8, 4) is 0 Å². The van der Waals surface area contributed by atoms with Crippen LogP contribution in [0.3, 0.4) is 0 Å². The molecule has 0 spiro atoms. The average molecular weight is 187 g/mol. The second-order valence-electron chi connectivity index (χ2n) is 0.663. The van der Waals surface area contributed by atoms with Gasteiger partial charge in [-0.1, -0.05) is 0 Å². The van der Waals surface area contributed by atoms with E-state index < -0.39 is 0 Å². The van der Waals surface area contributed by atoms with Gasteiger partial charge in [-0.2, -0.15) is 0 Å². The fourth-order valence-electron chi connectivity index (χ4n) is 0.0895. The molecule has 0 saturated heterocycles. The Kier molecular flexibility index (Phi) is 5.77. The molecule has 0 atom stereocenters. The molecule has 0 fully saturated rings. The Bertz CT molecular complexity index is 65.6. The Balaban J connectivity index is 3.17. The third kappa shape index (κ3) is 4.40. The fourth-order valence-corrected chi connectivity index (χ4v) is 0.692. The van der Waals surface area contributed by atoms with Crippen molar-refractivity contribution in [2.45, 2.75) is 0 Å². The van der Waals surface area contributed by atoms with E-state index in [1.807, 2.05) is 11.9 Å². The van der Waals surface area contributed by atoms with Gasteiger partial charge in [0.15, 0.2) is 0 Å². The van der Waals surface area contributed by atoms with Gasteiger partial charge in [0.05, 0.1) is 0 Å². The van der Waals surface area contributed by atoms with Gasteiger partial charge in [-0.3, -0.25) is 0 Å². The van der Waals surface area contributed by atoms with Crippen molar-refractivity contribution < 1.29 is 17.3 Å². The Hall–Kier alpha value is 0.403. The molecule has 0 amide bonds. The molecule has 0 N–H and O–H groups in total. The van der Waals surface area contributed by atoms with Gasteiger partial charge in [0.1, 0.15) is 0 Å². The molecule has 0 saturated carbocycles. The molecule has 0 aliphatic heterocycles. The van der Waals surface area contributed by atoms with Crippen molar-refractivity contribution in [1.29, 1.82) is 0 Å². The first-order valence-electron chi connectivity index (χ1n) is 1.48. The minimum atomic E-state index is 1.18. The summed E-state index contributed by atoms with van der Waals surface area (Å²) < 4.78 is 0. The van der Waals surface area contributed by atoms with Crippen molar-refractivity contribution >= 4 is 6.46 Å². The molecule has 0 aromatic rings. The molecule has 2 heteroatoms. The quantitative estimate of drug-likeness (QED) is 0.352. The predicted molar refractivity (Wildman–Crippen MR) is 26.3 cm³/mol. The number of allylic oxidation sites excluding steroid dienone is 2. The Labute approximate surface area is 48.7 Å². The molecule has 0 aromatic carbocycles. The molecular weight excluding hydrogens is 182 g/mol. The second kappa shape index (κ2) is 5.40. The minimum absolute atomic E-state index is 1.18. The zero-order chi connectivity index (χ0) is 4.83. The zero-order valence-electron chi connectivity index (χ0n) is 3.22.